The number of aromatic nitrogens is 2. The number of benzene rings is 1. The highest BCUT2D eigenvalue weighted by molar-refractivity contribution is 7.89. The molecule has 1 aliphatic heterocycles. The van der Waals surface area contributed by atoms with Crippen molar-refractivity contribution in [2.45, 2.75) is 11.6 Å². The number of nitrogens with one attached hydrogen (secondary N) is 1. The summed E-state index contributed by atoms with van der Waals surface area (Å²) >= 11 is 11.4. The lowest BCUT2D eigenvalue weighted by molar-refractivity contribution is -0.926. The Morgan fingerprint density at radius 2 is 1.88 bits per heavy atom. The lowest BCUT2D eigenvalue weighted by Crippen LogP contribution is -3.14. The molecule has 0 spiro atoms. The van der Waals surface area contributed by atoms with Crippen LogP contribution in [-0.4, -0.2) is 48.0 Å². The highest BCUT2D eigenvalue weighted by Gasteiger charge is 2.31. The third-order valence-electron chi connectivity index (χ3n) is 4.30. The third kappa shape index (κ3) is 3.43. The number of quaternary nitrogens is 1. The van der Waals surface area contributed by atoms with Gasteiger partial charge in [-0.25, -0.2) is 8.42 Å². The van der Waals surface area contributed by atoms with Gasteiger partial charge in [0.2, 0.25) is 10.0 Å². The molecule has 130 valence electrons. The summed E-state index contributed by atoms with van der Waals surface area (Å²) in [4.78, 5) is 1.49. The summed E-state index contributed by atoms with van der Waals surface area (Å²) in [5.41, 5.74) is 0. The van der Waals surface area contributed by atoms with Crippen molar-refractivity contribution in [3.63, 3.8) is 0 Å². The molecular weight excluding hydrogens is 368 g/mol. The van der Waals surface area contributed by atoms with Crippen LogP contribution < -0.4 is 4.90 Å². The number of nitrogens with zero attached hydrogens (tertiary/aromatic N) is 3. The van der Waals surface area contributed by atoms with E-state index in [1.165, 1.54) is 9.21 Å². The van der Waals surface area contributed by atoms with E-state index < -0.39 is 10.0 Å². The molecule has 3 rings (SSSR count). The Labute approximate surface area is 151 Å². The minimum atomic E-state index is -3.54. The minimum absolute atomic E-state index is 0.181. The molecule has 9 heteroatoms. The molecule has 24 heavy (non-hydrogen) atoms. The van der Waals surface area contributed by atoms with Crippen LogP contribution in [0.5, 0.6) is 0 Å². The van der Waals surface area contributed by atoms with E-state index in [1.807, 2.05) is 28.6 Å². The summed E-state index contributed by atoms with van der Waals surface area (Å²) in [6.07, 6.45) is 3.89. The van der Waals surface area contributed by atoms with Gasteiger partial charge in [-0.15, -0.1) is 0 Å². The molecule has 0 atom stereocenters. The van der Waals surface area contributed by atoms with Crippen molar-refractivity contribution in [3.05, 3.63) is 46.5 Å². The maximum absolute atomic E-state index is 12.7. The standard InChI is InChI=1S/C15H19ClN4O2S2/c1-17-6-9-19(15(17)23)12-18-7-10-20(11-8-18)24(21,22)14-5-3-2-4-13(14)16/h2-6,9H,7-8,10-12H2,1H3/p+1. The molecule has 2 heterocycles. The van der Waals surface area contributed by atoms with Crippen molar-refractivity contribution in [3.8, 4) is 0 Å². The monoisotopic (exact) mass is 387 g/mol. The number of aryl methyl sites for hydroxylation is 1. The zero-order valence-corrected chi connectivity index (χ0v) is 15.7. The van der Waals surface area contributed by atoms with Crippen LogP contribution in [0, 0.1) is 4.77 Å². The van der Waals surface area contributed by atoms with E-state index >= 15 is 0 Å². The van der Waals surface area contributed by atoms with E-state index in [0.717, 1.165) is 24.5 Å². The van der Waals surface area contributed by atoms with Crippen LogP contribution in [-0.2, 0) is 23.7 Å². The molecule has 1 N–H and O–H groups in total. The predicted molar refractivity (Wildman–Crippen MR) is 95.1 cm³/mol. The van der Waals surface area contributed by atoms with Crippen LogP contribution in [0.3, 0.4) is 0 Å². The fraction of sp³-hybridized carbons (Fsp3) is 0.400. The molecule has 0 radical (unpaired) electrons. The van der Waals surface area contributed by atoms with Gasteiger partial charge >= 0.3 is 0 Å². The van der Waals surface area contributed by atoms with Crippen molar-refractivity contribution < 1.29 is 13.3 Å². The van der Waals surface area contributed by atoms with E-state index in [2.05, 4.69) is 0 Å². The summed E-state index contributed by atoms with van der Waals surface area (Å²) in [7, 11) is -1.62. The molecule has 6 nitrogen and oxygen atoms in total. The summed E-state index contributed by atoms with van der Waals surface area (Å²) in [5.74, 6) is 0. The Hall–Kier alpha value is -1.19. The Balaban J connectivity index is 1.68. The molecule has 1 aromatic heterocycles. The largest absolute Gasteiger partial charge is 0.327 e. The Kier molecular flexibility index (Phi) is 5.12. The Bertz CT molecular complexity index is 883. The normalized spacial score (nSPS) is 17.2. The quantitative estimate of drug-likeness (QED) is 0.788. The lowest BCUT2D eigenvalue weighted by Gasteiger charge is -2.31. The average Bonchev–Trinajstić information content (AvgIpc) is 2.88. The lowest BCUT2D eigenvalue weighted by atomic mass is 10.4. The number of rotatable bonds is 4. The van der Waals surface area contributed by atoms with Gasteiger partial charge in [-0.3, -0.25) is 4.57 Å². The minimum Gasteiger partial charge on any atom is -0.327 e. The number of piperazine rings is 1. The molecule has 0 aliphatic carbocycles. The van der Waals surface area contributed by atoms with E-state index in [1.54, 1.807) is 24.3 Å². The number of hydrogen-bond acceptors (Lipinski definition) is 3. The zero-order chi connectivity index (χ0) is 17.3. The molecule has 0 unspecified atom stereocenters. The SMILES string of the molecule is Cn1ccn(C[NH+]2CCN(S(=O)(=O)c3ccccc3Cl)CC2)c1=S. The van der Waals surface area contributed by atoms with Crippen LogP contribution in [0.1, 0.15) is 0 Å². The molecule has 2 aromatic rings. The van der Waals surface area contributed by atoms with Crippen LogP contribution in [0.4, 0.5) is 0 Å². The zero-order valence-electron chi connectivity index (χ0n) is 13.4. The van der Waals surface area contributed by atoms with Gasteiger partial charge < -0.3 is 9.47 Å². The fourth-order valence-electron chi connectivity index (χ4n) is 2.87. The van der Waals surface area contributed by atoms with Crippen LogP contribution in [0.2, 0.25) is 5.02 Å². The highest BCUT2D eigenvalue weighted by Crippen LogP contribution is 2.23. The van der Waals surface area contributed by atoms with Crippen molar-refractivity contribution in [1.82, 2.24) is 13.4 Å². The predicted octanol–water partition coefficient (Wildman–Crippen LogP) is 0.756. The first-order valence-corrected chi connectivity index (χ1v) is 9.92. The first kappa shape index (κ1) is 17.6. The second-order valence-electron chi connectivity index (χ2n) is 5.90. The van der Waals surface area contributed by atoms with Gasteiger partial charge in [-0.1, -0.05) is 23.7 Å². The van der Waals surface area contributed by atoms with Crippen molar-refractivity contribution in [2.24, 2.45) is 7.05 Å². The molecular formula is C15H20ClN4O2S2+. The van der Waals surface area contributed by atoms with Gasteiger partial charge in [-0.2, -0.15) is 4.31 Å². The number of imidazole rings is 1. The van der Waals surface area contributed by atoms with Crippen LogP contribution >= 0.6 is 23.8 Å². The molecule has 1 fully saturated rings. The number of hydrogen-bond donors (Lipinski definition) is 1. The molecule has 0 amide bonds. The van der Waals surface area contributed by atoms with Crippen LogP contribution in [0.25, 0.3) is 0 Å². The Morgan fingerprint density at radius 1 is 1.21 bits per heavy atom. The van der Waals surface area contributed by atoms with E-state index in [-0.39, 0.29) is 9.92 Å². The molecule has 0 saturated carbocycles. The summed E-state index contributed by atoms with van der Waals surface area (Å²) < 4.78 is 31.7. The second kappa shape index (κ2) is 6.97. The molecule has 1 aromatic carbocycles. The third-order valence-corrected chi connectivity index (χ3v) is 7.22. The number of sulfonamides is 1. The first-order chi connectivity index (χ1) is 11.4. The Morgan fingerprint density at radius 3 is 2.46 bits per heavy atom. The maximum atomic E-state index is 12.7. The van der Waals surface area contributed by atoms with Crippen molar-refractivity contribution >= 4 is 33.8 Å². The van der Waals surface area contributed by atoms with Crippen LogP contribution in [0.15, 0.2) is 41.6 Å². The smallest absolute Gasteiger partial charge is 0.244 e. The van der Waals surface area contributed by atoms with E-state index in [4.69, 9.17) is 23.8 Å². The first-order valence-electron chi connectivity index (χ1n) is 7.69. The van der Waals surface area contributed by atoms with E-state index in [9.17, 15) is 8.42 Å². The van der Waals surface area contributed by atoms with Gasteiger partial charge in [0.25, 0.3) is 0 Å². The van der Waals surface area contributed by atoms with E-state index in [0.29, 0.717) is 13.1 Å². The molecule has 1 saturated heterocycles. The summed E-state index contributed by atoms with van der Waals surface area (Å²) in [6, 6.07) is 6.58. The fourth-order valence-corrected chi connectivity index (χ4v) is 4.99. The van der Waals surface area contributed by atoms with Gasteiger partial charge in [-0.05, 0) is 24.4 Å². The molecule has 0 bridgehead atoms. The number of halogens is 1. The van der Waals surface area contributed by atoms with Gasteiger partial charge in [0.15, 0.2) is 11.4 Å². The highest BCUT2D eigenvalue weighted by atomic mass is 35.5. The topological polar surface area (TPSA) is 51.7 Å². The van der Waals surface area contributed by atoms with Crippen molar-refractivity contribution in [1.29, 1.82) is 0 Å². The second-order valence-corrected chi connectivity index (χ2v) is 8.58. The average molecular weight is 388 g/mol. The van der Waals surface area contributed by atoms with Crippen molar-refractivity contribution in [2.75, 3.05) is 26.2 Å². The van der Waals surface area contributed by atoms with Gasteiger partial charge in [0, 0.05) is 19.4 Å². The summed E-state index contributed by atoms with van der Waals surface area (Å²) in [5, 5.41) is 0.267. The van der Waals surface area contributed by atoms with Gasteiger partial charge in [0.1, 0.15) is 4.90 Å². The summed E-state index contributed by atoms with van der Waals surface area (Å²) in [6.45, 7) is 3.17. The maximum Gasteiger partial charge on any atom is 0.244 e. The van der Waals surface area contributed by atoms with Gasteiger partial charge in [0.05, 0.1) is 31.2 Å². The molecule has 1 aliphatic rings.